The van der Waals surface area contributed by atoms with Crippen LogP contribution in [-0.4, -0.2) is 28.6 Å². The number of nitrogens with two attached hydrogens (primary N) is 1. The van der Waals surface area contributed by atoms with Crippen LogP contribution in [0.15, 0.2) is 24.3 Å². The molecule has 0 unspecified atom stereocenters. The fourth-order valence-electron chi connectivity index (χ4n) is 1.46. The van der Waals surface area contributed by atoms with Gasteiger partial charge in [0.2, 0.25) is 0 Å². The molecule has 0 fully saturated rings. The Kier molecular flexibility index (Phi) is 4.75. The van der Waals surface area contributed by atoms with Crippen molar-refractivity contribution < 1.29 is 19.6 Å². The van der Waals surface area contributed by atoms with Crippen LogP contribution in [-0.2, 0) is 9.53 Å². The van der Waals surface area contributed by atoms with E-state index < -0.39 is 23.0 Å². The first-order valence-electron chi connectivity index (χ1n) is 5.32. The van der Waals surface area contributed by atoms with Crippen LogP contribution in [0.3, 0.4) is 0 Å². The Bertz CT molecular complexity index is 449. The van der Waals surface area contributed by atoms with Crippen molar-refractivity contribution in [1.82, 2.24) is 0 Å². The maximum atomic E-state index is 11.4. The van der Waals surface area contributed by atoms with Gasteiger partial charge in [0.25, 0.3) is 5.69 Å². The molecule has 1 rings (SSSR count). The number of nitro groups is 1. The molecule has 0 amide bonds. The SMILES string of the molecule is CCOC(=O)[C@@H](N)[C@@H](O)c1ccccc1[N+](=O)[O-]. The molecule has 0 saturated heterocycles. The van der Waals surface area contributed by atoms with Crippen LogP contribution in [0, 0.1) is 10.1 Å². The Hall–Kier alpha value is -1.99. The van der Waals surface area contributed by atoms with Crippen molar-refractivity contribution in [2.24, 2.45) is 5.73 Å². The lowest BCUT2D eigenvalue weighted by atomic mass is 10.0. The predicted octanol–water partition coefficient (Wildman–Crippen LogP) is 0.519. The summed E-state index contributed by atoms with van der Waals surface area (Å²) < 4.78 is 4.65. The van der Waals surface area contributed by atoms with Gasteiger partial charge < -0.3 is 15.6 Å². The second-order valence-corrected chi connectivity index (χ2v) is 3.54. The number of nitro benzene ring substituents is 1. The number of aliphatic hydroxyl groups excluding tert-OH is 1. The maximum Gasteiger partial charge on any atom is 0.325 e. The van der Waals surface area contributed by atoms with E-state index in [1.807, 2.05) is 0 Å². The van der Waals surface area contributed by atoms with Gasteiger partial charge in [-0.3, -0.25) is 14.9 Å². The summed E-state index contributed by atoms with van der Waals surface area (Å²) in [5, 5.41) is 20.7. The number of carbonyl (C=O) groups is 1. The van der Waals surface area contributed by atoms with Crippen molar-refractivity contribution in [3.63, 3.8) is 0 Å². The Morgan fingerprint density at radius 3 is 2.72 bits per heavy atom. The van der Waals surface area contributed by atoms with Crippen LogP contribution < -0.4 is 5.73 Å². The highest BCUT2D eigenvalue weighted by Gasteiger charge is 2.30. The number of hydrogen-bond donors (Lipinski definition) is 2. The van der Waals surface area contributed by atoms with Crippen LogP contribution in [0.25, 0.3) is 0 Å². The summed E-state index contributed by atoms with van der Waals surface area (Å²) in [4.78, 5) is 21.5. The number of para-hydroxylation sites is 1. The standard InChI is InChI=1S/C11H14N2O5/c1-2-18-11(15)9(12)10(14)7-5-3-4-6-8(7)13(16)17/h3-6,9-10,14H,2,12H2,1H3/t9-,10-/m0/s1. The summed E-state index contributed by atoms with van der Waals surface area (Å²) in [7, 11) is 0. The fraction of sp³-hybridized carbons (Fsp3) is 0.364. The smallest absolute Gasteiger partial charge is 0.325 e. The van der Waals surface area contributed by atoms with Gasteiger partial charge in [-0.15, -0.1) is 0 Å². The monoisotopic (exact) mass is 254 g/mol. The zero-order chi connectivity index (χ0) is 13.7. The number of hydrogen-bond acceptors (Lipinski definition) is 6. The van der Waals surface area contributed by atoms with Crippen molar-refractivity contribution in [2.45, 2.75) is 19.1 Å². The van der Waals surface area contributed by atoms with E-state index in [4.69, 9.17) is 5.73 Å². The lowest BCUT2D eigenvalue weighted by Crippen LogP contribution is -2.38. The summed E-state index contributed by atoms with van der Waals surface area (Å²) in [6, 6.07) is 4.21. The van der Waals surface area contributed by atoms with Gasteiger partial charge in [0.15, 0.2) is 0 Å². The molecule has 7 heteroatoms. The van der Waals surface area contributed by atoms with E-state index in [9.17, 15) is 20.0 Å². The molecule has 3 N–H and O–H groups in total. The lowest BCUT2D eigenvalue weighted by molar-refractivity contribution is -0.386. The first kappa shape index (κ1) is 14.1. The topological polar surface area (TPSA) is 116 Å². The molecular formula is C11H14N2O5. The van der Waals surface area contributed by atoms with Gasteiger partial charge in [0.05, 0.1) is 17.1 Å². The number of carbonyl (C=O) groups excluding carboxylic acids is 1. The van der Waals surface area contributed by atoms with Crippen molar-refractivity contribution in [2.75, 3.05) is 6.61 Å². The van der Waals surface area contributed by atoms with Crippen LogP contribution in [0.5, 0.6) is 0 Å². The quantitative estimate of drug-likeness (QED) is 0.449. The van der Waals surface area contributed by atoms with Crippen LogP contribution >= 0.6 is 0 Å². The van der Waals surface area contributed by atoms with Gasteiger partial charge in [0.1, 0.15) is 12.1 Å². The molecular weight excluding hydrogens is 240 g/mol. The van der Waals surface area contributed by atoms with Gasteiger partial charge in [-0.05, 0) is 13.0 Å². The molecule has 1 aromatic carbocycles. The first-order chi connectivity index (χ1) is 8.49. The number of rotatable bonds is 5. The molecule has 18 heavy (non-hydrogen) atoms. The number of ether oxygens (including phenoxy) is 1. The molecule has 2 atom stereocenters. The number of aliphatic hydroxyl groups is 1. The molecule has 0 saturated carbocycles. The Morgan fingerprint density at radius 1 is 1.56 bits per heavy atom. The highest BCUT2D eigenvalue weighted by atomic mass is 16.6. The predicted molar refractivity (Wildman–Crippen MR) is 62.7 cm³/mol. The maximum absolute atomic E-state index is 11.4. The molecule has 0 aliphatic heterocycles. The molecule has 0 aliphatic rings. The minimum absolute atomic E-state index is 0.0111. The normalized spacial score (nSPS) is 13.7. The van der Waals surface area contributed by atoms with Gasteiger partial charge in [-0.25, -0.2) is 0 Å². The summed E-state index contributed by atoms with van der Waals surface area (Å²) in [6.07, 6.45) is -1.48. The Morgan fingerprint density at radius 2 is 2.17 bits per heavy atom. The van der Waals surface area contributed by atoms with E-state index in [2.05, 4.69) is 4.74 Å². The van der Waals surface area contributed by atoms with E-state index in [1.54, 1.807) is 6.92 Å². The van der Waals surface area contributed by atoms with Crippen molar-refractivity contribution >= 4 is 11.7 Å². The van der Waals surface area contributed by atoms with E-state index >= 15 is 0 Å². The van der Waals surface area contributed by atoms with Crippen molar-refractivity contribution in [3.05, 3.63) is 39.9 Å². The lowest BCUT2D eigenvalue weighted by Gasteiger charge is -2.17. The van der Waals surface area contributed by atoms with E-state index in [-0.39, 0.29) is 17.9 Å². The summed E-state index contributed by atoms with van der Waals surface area (Å²) >= 11 is 0. The number of esters is 1. The third-order valence-corrected chi connectivity index (χ3v) is 2.35. The van der Waals surface area contributed by atoms with Crippen LogP contribution in [0.4, 0.5) is 5.69 Å². The Balaban J connectivity index is 2.99. The summed E-state index contributed by atoms with van der Waals surface area (Å²) in [6.45, 7) is 1.72. The number of nitrogens with zero attached hydrogens (tertiary/aromatic N) is 1. The third-order valence-electron chi connectivity index (χ3n) is 2.35. The average molecular weight is 254 g/mol. The van der Waals surface area contributed by atoms with Gasteiger partial charge in [0, 0.05) is 6.07 Å². The molecule has 1 aromatic rings. The van der Waals surface area contributed by atoms with E-state index in [0.29, 0.717) is 0 Å². The minimum Gasteiger partial charge on any atom is -0.465 e. The van der Waals surface area contributed by atoms with E-state index in [1.165, 1.54) is 24.3 Å². The molecule has 0 bridgehead atoms. The summed E-state index contributed by atoms with van der Waals surface area (Å²) in [5.41, 5.74) is 5.20. The summed E-state index contributed by atoms with van der Waals surface area (Å²) in [5.74, 6) is -0.803. The largest absolute Gasteiger partial charge is 0.465 e. The second-order valence-electron chi connectivity index (χ2n) is 3.54. The number of benzene rings is 1. The molecule has 0 radical (unpaired) electrons. The fourth-order valence-corrected chi connectivity index (χ4v) is 1.46. The van der Waals surface area contributed by atoms with Gasteiger partial charge >= 0.3 is 5.97 Å². The van der Waals surface area contributed by atoms with Crippen LogP contribution in [0.2, 0.25) is 0 Å². The minimum atomic E-state index is -1.48. The second kappa shape index (κ2) is 6.08. The van der Waals surface area contributed by atoms with Gasteiger partial charge in [-0.1, -0.05) is 12.1 Å². The molecule has 0 aromatic heterocycles. The molecule has 0 spiro atoms. The first-order valence-corrected chi connectivity index (χ1v) is 5.32. The van der Waals surface area contributed by atoms with Crippen LogP contribution in [0.1, 0.15) is 18.6 Å². The molecule has 0 aliphatic carbocycles. The average Bonchev–Trinajstić information content (AvgIpc) is 2.37. The highest BCUT2D eigenvalue weighted by Crippen LogP contribution is 2.26. The molecule has 98 valence electrons. The molecule has 0 heterocycles. The van der Waals surface area contributed by atoms with Gasteiger partial charge in [-0.2, -0.15) is 0 Å². The van der Waals surface area contributed by atoms with Crippen molar-refractivity contribution in [3.8, 4) is 0 Å². The van der Waals surface area contributed by atoms with E-state index in [0.717, 1.165) is 0 Å². The third kappa shape index (κ3) is 3.02. The van der Waals surface area contributed by atoms with Crippen molar-refractivity contribution in [1.29, 1.82) is 0 Å². The zero-order valence-electron chi connectivity index (χ0n) is 9.78. The molecule has 7 nitrogen and oxygen atoms in total. The zero-order valence-corrected chi connectivity index (χ0v) is 9.78. The Labute approximate surface area is 103 Å². The highest BCUT2D eigenvalue weighted by molar-refractivity contribution is 5.76.